The summed E-state index contributed by atoms with van der Waals surface area (Å²) in [6.45, 7) is 6.81. The molecule has 2 aliphatic heterocycles. The maximum atomic E-state index is 12.5. The molecule has 0 unspecified atom stereocenters. The molecule has 1 aromatic rings. The van der Waals surface area contributed by atoms with Crippen LogP contribution in [0.25, 0.3) is 0 Å². The number of amides is 4. The summed E-state index contributed by atoms with van der Waals surface area (Å²) in [6, 6.07) is 5.90. The molecular weight excluding hydrogens is 294 g/mol. The van der Waals surface area contributed by atoms with Gasteiger partial charge in [0.25, 0.3) is 0 Å². The molecule has 124 valence electrons. The molecule has 23 heavy (non-hydrogen) atoms. The van der Waals surface area contributed by atoms with Crippen LogP contribution in [-0.2, 0) is 6.54 Å². The van der Waals surface area contributed by atoms with Crippen LogP contribution >= 0.6 is 0 Å². The summed E-state index contributed by atoms with van der Waals surface area (Å²) in [5.74, 6) is 0. The van der Waals surface area contributed by atoms with Crippen LogP contribution < -0.4 is 5.32 Å². The maximum Gasteiger partial charge on any atom is 0.320 e. The summed E-state index contributed by atoms with van der Waals surface area (Å²) >= 11 is 0. The van der Waals surface area contributed by atoms with Crippen molar-refractivity contribution in [3.05, 3.63) is 30.1 Å². The van der Waals surface area contributed by atoms with E-state index in [0.717, 1.165) is 5.69 Å². The van der Waals surface area contributed by atoms with Gasteiger partial charge < -0.3 is 20.0 Å². The standard InChI is InChI=1S/C16H23N5O2/c1-12(2)18-15(22)19-7-8-21-14(10-19)11-20(16(21)23)9-13-5-3-4-6-17-13/h3-6,12,14H,7-11H2,1-2H3,(H,18,22)/t14-/m1/s1. The SMILES string of the molecule is CC(C)NC(=O)N1CCN2C(=O)N(Cc3ccccn3)C[C@H]2C1. The number of fused-ring (bicyclic) bond motifs is 1. The Bertz CT molecular complexity index is 577. The molecule has 0 saturated carbocycles. The summed E-state index contributed by atoms with van der Waals surface area (Å²) < 4.78 is 0. The van der Waals surface area contributed by atoms with E-state index in [0.29, 0.717) is 32.7 Å². The summed E-state index contributed by atoms with van der Waals surface area (Å²) in [5, 5.41) is 2.91. The molecule has 4 amide bonds. The Balaban J connectivity index is 1.62. The molecule has 1 atom stereocenters. The van der Waals surface area contributed by atoms with Gasteiger partial charge in [-0.3, -0.25) is 4.98 Å². The molecule has 3 heterocycles. The molecule has 2 saturated heterocycles. The van der Waals surface area contributed by atoms with Crippen LogP contribution in [0, 0.1) is 0 Å². The average Bonchev–Trinajstić information content (AvgIpc) is 2.83. The molecule has 2 aliphatic rings. The van der Waals surface area contributed by atoms with Crippen LogP contribution in [0.5, 0.6) is 0 Å². The van der Waals surface area contributed by atoms with Crippen molar-refractivity contribution in [1.82, 2.24) is 25.0 Å². The monoisotopic (exact) mass is 317 g/mol. The third kappa shape index (κ3) is 3.38. The number of hydrogen-bond acceptors (Lipinski definition) is 3. The molecule has 1 aromatic heterocycles. The molecule has 0 spiro atoms. The molecule has 0 radical (unpaired) electrons. The second kappa shape index (κ2) is 6.44. The van der Waals surface area contributed by atoms with Crippen LogP contribution in [0.15, 0.2) is 24.4 Å². The minimum atomic E-state index is -0.0460. The first-order chi connectivity index (χ1) is 11.0. The molecular formula is C16H23N5O2. The number of carbonyl (C=O) groups is 2. The number of hydrogen-bond donors (Lipinski definition) is 1. The zero-order chi connectivity index (χ0) is 16.4. The van der Waals surface area contributed by atoms with E-state index in [9.17, 15) is 9.59 Å². The summed E-state index contributed by atoms with van der Waals surface area (Å²) in [6.07, 6.45) is 1.74. The van der Waals surface area contributed by atoms with Crippen LogP contribution in [0.1, 0.15) is 19.5 Å². The number of nitrogens with one attached hydrogen (secondary N) is 1. The number of rotatable bonds is 3. The number of aromatic nitrogens is 1. The van der Waals surface area contributed by atoms with Gasteiger partial charge in [0.05, 0.1) is 18.3 Å². The Morgan fingerprint density at radius 3 is 2.87 bits per heavy atom. The summed E-state index contributed by atoms with van der Waals surface area (Å²) in [4.78, 5) is 34.4. The van der Waals surface area contributed by atoms with E-state index in [4.69, 9.17) is 0 Å². The Hall–Kier alpha value is -2.31. The van der Waals surface area contributed by atoms with Gasteiger partial charge in [0.1, 0.15) is 0 Å². The Morgan fingerprint density at radius 1 is 1.35 bits per heavy atom. The molecule has 2 fully saturated rings. The van der Waals surface area contributed by atoms with Gasteiger partial charge in [0, 0.05) is 38.4 Å². The van der Waals surface area contributed by atoms with E-state index < -0.39 is 0 Å². The highest BCUT2D eigenvalue weighted by molar-refractivity contribution is 5.79. The quantitative estimate of drug-likeness (QED) is 0.908. The topological polar surface area (TPSA) is 68.8 Å². The lowest BCUT2D eigenvalue weighted by Gasteiger charge is -2.36. The zero-order valence-corrected chi connectivity index (χ0v) is 13.6. The molecule has 3 rings (SSSR count). The van der Waals surface area contributed by atoms with Crippen molar-refractivity contribution in [2.75, 3.05) is 26.2 Å². The third-order valence-electron chi connectivity index (χ3n) is 4.21. The molecule has 1 N–H and O–H groups in total. The fourth-order valence-electron chi connectivity index (χ4n) is 3.12. The highest BCUT2D eigenvalue weighted by atomic mass is 16.2. The lowest BCUT2D eigenvalue weighted by Crippen LogP contribution is -2.56. The Morgan fingerprint density at radius 2 is 2.17 bits per heavy atom. The van der Waals surface area contributed by atoms with Gasteiger partial charge in [-0.1, -0.05) is 6.07 Å². The summed E-state index contributed by atoms with van der Waals surface area (Å²) in [5.41, 5.74) is 0.884. The average molecular weight is 317 g/mol. The van der Waals surface area contributed by atoms with Gasteiger partial charge in [-0.05, 0) is 26.0 Å². The molecule has 0 aliphatic carbocycles. The van der Waals surface area contributed by atoms with E-state index in [1.54, 1.807) is 11.1 Å². The minimum Gasteiger partial charge on any atom is -0.336 e. The Kier molecular flexibility index (Phi) is 4.36. The minimum absolute atomic E-state index is 0.0459. The van der Waals surface area contributed by atoms with Gasteiger partial charge in [-0.25, -0.2) is 9.59 Å². The zero-order valence-electron chi connectivity index (χ0n) is 13.6. The van der Waals surface area contributed by atoms with Gasteiger partial charge in [0.2, 0.25) is 0 Å². The van der Waals surface area contributed by atoms with E-state index in [2.05, 4.69) is 10.3 Å². The van der Waals surface area contributed by atoms with Crippen molar-refractivity contribution in [2.24, 2.45) is 0 Å². The first kappa shape index (κ1) is 15.6. The molecule has 7 nitrogen and oxygen atoms in total. The van der Waals surface area contributed by atoms with Gasteiger partial charge in [0.15, 0.2) is 0 Å². The van der Waals surface area contributed by atoms with Crippen LogP contribution in [0.3, 0.4) is 0 Å². The van der Waals surface area contributed by atoms with Gasteiger partial charge in [-0.15, -0.1) is 0 Å². The van der Waals surface area contributed by atoms with Crippen molar-refractivity contribution in [3.8, 4) is 0 Å². The van der Waals surface area contributed by atoms with Crippen LogP contribution in [0.2, 0.25) is 0 Å². The number of pyridine rings is 1. The lowest BCUT2D eigenvalue weighted by molar-refractivity contribution is 0.128. The first-order valence-electron chi connectivity index (χ1n) is 8.05. The van der Waals surface area contributed by atoms with Crippen molar-refractivity contribution in [1.29, 1.82) is 0 Å². The van der Waals surface area contributed by atoms with Gasteiger partial charge in [-0.2, -0.15) is 0 Å². The normalized spacial score (nSPS) is 20.9. The molecule has 0 bridgehead atoms. The van der Waals surface area contributed by atoms with E-state index in [1.165, 1.54) is 0 Å². The third-order valence-corrected chi connectivity index (χ3v) is 4.21. The highest BCUT2D eigenvalue weighted by Crippen LogP contribution is 2.22. The second-order valence-electron chi connectivity index (χ2n) is 6.38. The second-order valence-corrected chi connectivity index (χ2v) is 6.38. The van der Waals surface area contributed by atoms with Crippen molar-refractivity contribution < 1.29 is 9.59 Å². The van der Waals surface area contributed by atoms with Crippen LogP contribution in [0.4, 0.5) is 9.59 Å². The van der Waals surface area contributed by atoms with Crippen molar-refractivity contribution in [3.63, 3.8) is 0 Å². The summed E-state index contributed by atoms with van der Waals surface area (Å²) in [7, 11) is 0. The molecule has 0 aromatic carbocycles. The van der Waals surface area contributed by atoms with E-state index in [1.807, 2.05) is 41.8 Å². The number of nitrogens with zero attached hydrogens (tertiary/aromatic N) is 4. The molecule has 7 heteroatoms. The highest BCUT2D eigenvalue weighted by Gasteiger charge is 2.41. The largest absolute Gasteiger partial charge is 0.336 e. The maximum absolute atomic E-state index is 12.5. The van der Waals surface area contributed by atoms with Crippen LogP contribution in [-0.4, -0.2) is 70.0 Å². The predicted octanol–water partition coefficient (Wildman–Crippen LogP) is 1.12. The fourth-order valence-corrected chi connectivity index (χ4v) is 3.12. The van der Waals surface area contributed by atoms with Crippen molar-refractivity contribution in [2.45, 2.75) is 32.5 Å². The smallest absolute Gasteiger partial charge is 0.320 e. The fraction of sp³-hybridized carbons (Fsp3) is 0.562. The number of piperazine rings is 1. The van der Waals surface area contributed by atoms with E-state index >= 15 is 0 Å². The predicted molar refractivity (Wildman–Crippen MR) is 85.8 cm³/mol. The first-order valence-corrected chi connectivity index (χ1v) is 8.05. The van der Waals surface area contributed by atoms with E-state index in [-0.39, 0.29) is 24.1 Å². The van der Waals surface area contributed by atoms with Gasteiger partial charge >= 0.3 is 12.1 Å². The van der Waals surface area contributed by atoms with Crippen molar-refractivity contribution >= 4 is 12.1 Å². The Labute approximate surface area is 136 Å². The lowest BCUT2D eigenvalue weighted by atomic mass is 10.2. The number of urea groups is 2. The number of carbonyl (C=O) groups excluding carboxylic acids is 2.